The van der Waals surface area contributed by atoms with Crippen LogP contribution in [-0.2, 0) is 15.0 Å². The average Bonchev–Trinajstić information content (AvgIpc) is 3.61. The van der Waals surface area contributed by atoms with Crippen molar-refractivity contribution in [3.63, 3.8) is 0 Å². The molecule has 1 heterocycles. The molecule has 41 heavy (non-hydrogen) atoms. The lowest BCUT2D eigenvalue weighted by Gasteiger charge is -2.32. The zero-order chi connectivity index (χ0) is 29.0. The van der Waals surface area contributed by atoms with Crippen molar-refractivity contribution < 1.29 is 23.6 Å². The SMILES string of the molecule is CCCC1(CCC)c2cc(C(=O)/C(CC3CCCCC3)=N/OC(C)=O)ccc2-c2ccc(C(=O)c3ccoc3)cc21. The highest BCUT2D eigenvalue weighted by Gasteiger charge is 2.42. The summed E-state index contributed by atoms with van der Waals surface area (Å²) in [6.07, 6.45) is 12.9. The molecule has 6 heteroatoms. The Morgan fingerprint density at radius 1 is 0.878 bits per heavy atom. The van der Waals surface area contributed by atoms with Gasteiger partial charge in [0.25, 0.3) is 0 Å². The van der Waals surface area contributed by atoms with Gasteiger partial charge >= 0.3 is 5.97 Å². The van der Waals surface area contributed by atoms with Crippen molar-refractivity contribution in [2.24, 2.45) is 11.1 Å². The summed E-state index contributed by atoms with van der Waals surface area (Å²) >= 11 is 0. The van der Waals surface area contributed by atoms with E-state index in [9.17, 15) is 14.4 Å². The summed E-state index contributed by atoms with van der Waals surface area (Å²) in [5.74, 6) is -0.419. The third-order valence-corrected chi connectivity index (χ3v) is 8.78. The molecule has 0 saturated heterocycles. The number of furan rings is 1. The molecule has 6 nitrogen and oxygen atoms in total. The second kappa shape index (κ2) is 12.4. The molecule has 2 aromatic carbocycles. The normalized spacial score (nSPS) is 16.2. The fourth-order valence-corrected chi connectivity index (χ4v) is 6.98. The molecule has 0 radical (unpaired) electrons. The summed E-state index contributed by atoms with van der Waals surface area (Å²) < 4.78 is 5.16. The maximum atomic E-state index is 13.9. The van der Waals surface area contributed by atoms with Crippen LogP contribution < -0.4 is 0 Å². The maximum absolute atomic E-state index is 13.9. The standard InChI is InChI=1S/C35H39NO5/c1-4-16-35(17-5-2)30-20-25(33(38)27-15-18-40-22-27)11-13-28(30)29-14-12-26(21-31(29)35)34(39)32(36-41-23(3)37)19-24-9-7-6-8-10-24/h11-15,18,20-22,24H,4-10,16-17,19H2,1-3H3/b36-32+. The van der Waals surface area contributed by atoms with Gasteiger partial charge in [-0.05, 0) is 65.6 Å². The van der Waals surface area contributed by atoms with Crippen LogP contribution in [0.5, 0.6) is 0 Å². The Bertz CT molecular complexity index is 1450. The van der Waals surface area contributed by atoms with Crippen molar-refractivity contribution in [2.75, 3.05) is 0 Å². The van der Waals surface area contributed by atoms with E-state index < -0.39 is 5.97 Å². The summed E-state index contributed by atoms with van der Waals surface area (Å²) in [7, 11) is 0. The first-order valence-corrected chi connectivity index (χ1v) is 15.0. The molecule has 0 aliphatic heterocycles. The summed E-state index contributed by atoms with van der Waals surface area (Å²) in [6, 6.07) is 13.6. The fraction of sp³-hybridized carbons (Fsp3) is 0.429. The molecule has 2 aliphatic carbocycles. The van der Waals surface area contributed by atoms with Crippen LogP contribution >= 0.6 is 0 Å². The van der Waals surface area contributed by atoms with Gasteiger partial charge in [-0.15, -0.1) is 0 Å². The minimum absolute atomic E-state index is 0.0655. The van der Waals surface area contributed by atoms with E-state index in [1.54, 1.807) is 6.07 Å². The number of hydrogen-bond acceptors (Lipinski definition) is 6. The van der Waals surface area contributed by atoms with E-state index in [2.05, 4.69) is 19.0 Å². The third-order valence-electron chi connectivity index (χ3n) is 8.78. The van der Waals surface area contributed by atoms with Crippen LogP contribution in [0.2, 0.25) is 0 Å². The molecule has 0 amide bonds. The number of Topliss-reactive ketones (excluding diaryl/α,β-unsaturated/α-hetero) is 1. The van der Waals surface area contributed by atoms with Gasteiger partial charge in [0.15, 0.2) is 5.78 Å². The lowest BCUT2D eigenvalue weighted by atomic mass is 9.71. The lowest BCUT2D eigenvalue weighted by Crippen LogP contribution is -2.26. The predicted octanol–water partition coefficient (Wildman–Crippen LogP) is 8.45. The molecule has 0 spiro atoms. The predicted molar refractivity (Wildman–Crippen MR) is 159 cm³/mol. The molecule has 214 valence electrons. The molecule has 1 saturated carbocycles. The minimum atomic E-state index is -0.533. The van der Waals surface area contributed by atoms with E-state index in [-0.39, 0.29) is 17.0 Å². The van der Waals surface area contributed by atoms with Crippen LogP contribution in [0.25, 0.3) is 11.1 Å². The van der Waals surface area contributed by atoms with Gasteiger partial charge in [0, 0.05) is 23.5 Å². The summed E-state index contributed by atoms with van der Waals surface area (Å²) in [4.78, 5) is 43.8. The van der Waals surface area contributed by atoms with Crippen molar-refractivity contribution in [1.82, 2.24) is 0 Å². The summed E-state index contributed by atoms with van der Waals surface area (Å²) in [6.45, 7) is 5.66. The fourth-order valence-electron chi connectivity index (χ4n) is 6.98. The average molecular weight is 554 g/mol. The Hall–Kier alpha value is -3.80. The van der Waals surface area contributed by atoms with Crippen LogP contribution in [0.15, 0.2) is 64.6 Å². The van der Waals surface area contributed by atoms with Crippen LogP contribution in [-0.4, -0.2) is 23.2 Å². The molecule has 1 fully saturated rings. The second-order valence-electron chi connectivity index (χ2n) is 11.6. The van der Waals surface area contributed by atoms with Gasteiger partial charge in [-0.1, -0.05) is 88.2 Å². The van der Waals surface area contributed by atoms with Crippen molar-refractivity contribution in [1.29, 1.82) is 0 Å². The molecular formula is C35H39NO5. The van der Waals surface area contributed by atoms with Gasteiger partial charge in [-0.2, -0.15) is 0 Å². The largest absolute Gasteiger partial charge is 0.472 e. The molecule has 1 aromatic heterocycles. The van der Waals surface area contributed by atoms with E-state index in [1.807, 2.05) is 36.4 Å². The number of carbonyl (C=O) groups is 3. The Balaban J connectivity index is 1.56. The molecule has 0 unspecified atom stereocenters. The van der Waals surface area contributed by atoms with Crippen molar-refractivity contribution >= 4 is 23.2 Å². The molecule has 0 atom stereocenters. The van der Waals surface area contributed by atoms with E-state index >= 15 is 0 Å². The highest BCUT2D eigenvalue weighted by Crippen LogP contribution is 2.54. The number of carbonyl (C=O) groups excluding carboxylic acids is 3. The zero-order valence-electron chi connectivity index (χ0n) is 24.3. The van der Waals surface area contributed by atoms with Gasteiger partial charge in [-0.25, -0.2) is 4.79 Å². The van der Waals surface area contributed by atoms with Gasteiger partial charge in [0.1, 0.15) is 12.0 Å². The number of rotatable bonds is 11. The van der Waals surface area contributed by atoms with Crippen LogP contribution in [0.4, 0.5) is 0 Å². The number of hydrogen-bond donors (Lipinski definition) is 0. The molecule has 2 aliphatic rings. The Labute approximate surface area is 242 Å². The smallest absolute Gasteiger partial charge is 0.331 e. The van der Waals surface area contributed by atoms with E-state index in [4.69, 9.17) is 9.25 Å². The second-order valence-corrected chi connectivity index (χ2v) is 11.6. The van der Waals surface area contributed by atoms with Crippen molar-refractivity contribution in [3.05, 3.63) is 82.8 Å². The molecule has 3 aromatic rings. The number of oxime groups is 1. The Kier molecular flexibility index (Phi) is 8.67. The van der Waals surface area contributed by atoms with Gasteiger partial charge in [0.05, 0.1) is 11.8 Å². The van der Waals surface area contributed by atoms with Crippen molar-refractivity contribution in [2.45, 2.75) is 90.4 Å². The number of ketones is 2. The number of benzene rings is 2. The van der Waals surface area contributed by atoms with Crippen LogP contribution in [0, 0.1) is 5.92 Å². The lowest BCUT2D eigenvalue weighted by molar-refractivity contribution is -0.140. The van der Waals surface area contributed by atoms with Gasteiger partial charge in [0.2, 0.25) is 5.78 Å². The van der Waals surface area contributed by atoms with E-state index in [1.165, 1.54) is 25.9 Å². The van der Waals surface area contributed by atoms with Gasteiger partial charge < -0.3 is 9.25 Å². The first kappa shape index (κ1) is 28.7. The topological polar surface area (TPSA) is 85.9 Å². The summed E-state index contributed by atoms with van der Waals surface area (Å²) in [5, 5.41) is 4.06. The zero-order valence-corrected chi connectivity index (χ0v) is 24.3. The maximum Gasteiger partial charge on any atom is 0.331 e. The first-order valence-electron chi connectivity index (χ1n) is 15.0. The summed E-state index contributed by atoms with van der Waals surface area (Å²) in [5.41, 5.74) is 6.21. The molecule has 0 bridgehead atoms. The quantitative estimate of drug-likeness (QED) is 0.103. The Morgan fingerprint density at radius 3 is 2.10 bits per heavy atom. The molecular weight excluding hydrogens is 514 g/mol. The number of fused-ring (bicyclic) bond motifs is 3. The van der Waals surface area contributed by atoms with Crippen molar-refractivity contribution in [3.8, 4) is 11.1 Å². The van der Waals surface area contributed by atoms with Crippen LogP contribution in [0.3, 0.4) is 0 Å². The third kappa shape index (κ3) is 5.70. The highest BCUT2D eigenvalue weighted by atomic mass is 16.7. The minimum Gasteiger partial charge on any atom is -0.472 e. The monoisotopic (exact) mass is 553 g/mol. The Morgan fingerprint density at radius 2 is 1.51 bits per heavy atom. The highest BCUT2D eigenvalue weighted by molar-refractivity contribution is 6.46. The molecule has 0 N–H and O–H groups in total. The number of nitrogens with zero attached hydrogens (tertiary/aromatic N) is 1. The van der Waals surface area contributed by atoms with E-state index in [0.717, 1.165) is 73.6 Å². The first-order chi connectivity index (χ1) is 19.9. The van der Waals surface area contributed by atoms with Crippen LogP contribution in [0.1, 0.15) is 122 Å². The molecule has 5 rings (SSSR count). The van der Waals surface area contributed by atoms with E-state index in [0.29, 0.717) is 34.7 Å². The van der Waals surface area contributed by atoms with Gasteiger partial charge in [-0.3, -0.25) is 9.59 Å².